The number of rotatable bonds is 7. The van der Waals surface area contributed by atoms with Crippen molar-refractivity contribution < 1.29 is 8.42 Å². The third kappa shape index (κ3) is 4.75. The van der Waals surface area contributed by atoms with Crippen molar-refractivity contribution in [3.8, 4) is 0 Å². The second-order valence-electron chi connectivity index (χ2n) is 4.62. The number of halogens is 3. The Hall–Kier alpha value is 0.540. The number of benzene rings is 1. The minimum Gasteiger partial charge on any atom is -0.210 e. The molecule has 1 N–H and O–H groups in total. The van der Waals surface area contributed by atoms with Gasteiger partial charge >= 0.3 is 0 Å². The summed E-state index contributed by atoms with van der Waals surface area (Å²) >= 11 is 17.0. The van der Waals surface area contributed by atoms with Gasteiger partial charge < -0.3 is 0 Å². The molecule has 0 aliphatic rings. The molecule has 1 rings (SSSR count). The fourth-order valence-corrected chi connectivity index (χ4v) is 5.89. The van der Waals surface area contributed by atoms with Crippen LogP contribution in [0.3, 0.4) is 0 Å². The lowest BCUT2D eigenvalue weighted by Crippen LogP contribution is -2.39. The summed E-state index contributed by atoms with van der Waals surface area (Å²) in [5, 5.41) is 0.203. The normalized spacial score (nSPS) is 12.7. The molecule has 21 heavy (non-hydrogen) atoms. The lowest BCUT2D eigenvalue weighted by Gasteiger charge is -2.29. The predicted octanol–water partition coefficient (Wildman–Crippen LogP) is 4.96. The molecule has 0 aliphatic carbocycles. The van der Waals surface area contributed by atoms with Crippen molar-refractivity contribution in [1.82, 2.24) is 4.72 Å². The van der Waals surface area contributed by atoms with Crippen molar-refractivity contribution in [1.29, 1.82) is 0 Å². The Morgan fingerprint density at radius 1 is 1.24 bits per heavy atom. The average molecular weight is 435 g/mol. The predicted molar refractivity (Wildman–Crippen MR) is 96.2 cm³/mol. The van der Waals surface area contributed by atoms with Crippen LogP contribution in [0.4, 0.5) is 0 Å². The van der Waals surface area contributed by atoms with Crippen LogP contribution in [0.25, 0.3) is 0 Å². The van der Waals surface area contributed by atoms with Gasteiger partial charge in [0.15, 0.2) is 0 Å². The molecule has 0 unspecified atom stereocenters. The van der Waals surface area contributed by atoms with Crippen LogP contribution in [-0.2, 0) is 10.0 Å². The Bertz CT molecular complexity index is 573. The van der Waals surface area contributed by atoms with Crippen LogP contribution >= 0.6 is 50.9 Å². The van der Waals surface area contributed by atoms with E-state index in [-0.39, 0.29) is 19.7 Å². The van der Waals surface area contributed by atoms with Gasteiger partial charge in [-0.2, -0.15) is 11.8 Å². The number of sulfonamides is 1. The van der Waals surface area contributed by atoms with E-state index >= 15 is 0 Å². The molecule has 0 saturated heterocycles. The van der Waals surface area contributed by atoms with Gasteiger partial charge in [-0.05, 0) is 31.2 Å². The summed E-state index contributed by atoms with van der Waals surface area (Å²) in [6.45, 7) is 4.44. The maximum absolute atomic E-state index is 12.5. The molecular weight excluding hydrogens is 417 g/mol. The summed E-state index contributed by atoms with van der Waals surface area (Å²) in [6, 6.07) is 3.03. The topological polar surface area (TPSA) is 46.2 Å². The van der Waals surface area contributed by atoms with E-state index in [1.165, 1.54) is 12.1 Å². The monoisotopic (exact) mass is 433 g/mol. The van der Waals surface area contributed by atoms with Crippen LogP contribution in [-0.4, -0.2) is 26.0 Å². The highest BCUT2D eigenvalue weighted by molar-refractivity contribution is 9.10. The third-order valence-corrected chi connectivity index (χ3v) is 7.91. The molecule has 0 atom stereocenters. The van der Waals surface area contributed by atoms with E-state index < -0.39 is 10.0 Å². The third-order valence-electron chi connectivity index (χ3n) is 3.54. The van der Waals surface area contributed by atoms with Gasteiger partial charge in [-0.3, -0.25) is 0 Å². The van der Waals surface area contributed by atoms with Crippen LogP contribution in [0.1, 0.15) is 26.7 Å². The molecule has 8 heteroatoms. The summed E-state index contributed by atoms with van der Waals surface area (Å²) < 4.78 is 28.1. The molecule has 1 aromatic carbocycles. The lowest BCUT2D eigenvalue weighted by molar-refractivity contribution is 0.522. The zero-order chi connectivity index (χ0) is 16.3. The minimum atomic E-state index is -3.75. The van der Waals surface area contributed by atoms with E-state index in [4.69, 9.17) is 23.2 Å². The number of nitrogens with one attached hydrogen (secondary N) is 1. The van der Waals surface area contributed by atoms with Gasteiger partial charge in [-0.1, -0.05) is 53.0 Å². The van der Waals surface area contributed by atoms with Crippen LogP contribution in [0, 0.1) is 0 Å². The molecule has 0 heterocycles. The van der Waals surface area contributed by atoms with Crippen LogP contribution in [0.5, 0.6) is 0 Å². The largest absolute Gasteiger partial charge is 0.243 e. The van der Waals surface area contributed by atoms with E-state index in [0.29, 0.717) is 11.0 Å². The van der Waals surface area contributed by atoms with Crippen LogP contribution < -0.4 is 4.72 Å². The van der Waals surface area contributed by atoms with Gasteiger partial charge in [0.1, 0.15) is 4.90 Å². The molecule has 0 radical (unpaired) electrons. The zero-order valence-corrected chi connectivity index (χ0v) is 16.8. The fourth-order valence-electron chi connectivity index (χ4n) is 1.95. The van der Waals surface area contributed by atoms with Crippen molar-refractivity contribution in [2.45, 2.75) is 36.3 Å². The van der Waals surface area contributed by atoms with Crippen molar-refractivity contribution in [3.63, 3.8) is 0 Å². The summed E-state index contributed by atoms with van der Waals surface area (Å²) in [4.78, 5) is -0.0729. The van der Waals surface area contributed by atoms with E-state index in [9.17, 15) is 8.42 Å². The average Bonchev–Trinajstić information content (AvgIpc) is 2.39. The Kier molecular flexibility index (Phi) is 7.35. The quantitative estimate of drug-likeness (QED) is 0.659. The van der Waals surface area contributed by atoms with E-state index in [1.807, 2.05) is 20.1 Å². The van der Waals surface area contributed by atoms with Gasteiger partial charge in [0.05, 0.1) is 10.0 Å². The van der Waals surface area contributed by atoms with Crippen LogP contribution in [0.2, 0.25) is 10.0 Å². The number of hydrogen-bond donors (Lipinski definition) is 1. The Morgan fingerprint density at radius 3 is 2.10 bits per heavy atom. The molecular formula is C13H18BrCl2NO2S2. The van der Waals surface area contributed by atoms with E-state index in [1.54, 1.807) is 11.8 Å². The first-order chi connectivity index (χ1) is 9.71. The first-order valence-electron chi connectivity index (χ1n) is 6.40. The first kappa shape index (κ1) is 19.6. The molecule has 0 aromatic heterocycles. The lowest BCUT2D eigenvalue weighted by atomic mass is 10.0. The van der Waals surface area contributed by atoms with Gasteiger partial charge in [-0.15, -0.1) is 0 Å². The number of hydrogen-bond acceptors (Lipinski definition) is 3. The van der Waals surface area contributed by atoms with E-state index in [0.717, 1.165) is 12.8 Å². The van der Waals surface area contributed by atoms with Crippen molar-refractivity contribution >= 4 is 60.9 Å². The van der Waals surface area contributed by atoms with Crippen molar-refractivity contribution in [2.24, 2.45) is 0 Å². The van der Waals surface area contributed by atoms with Gasteiger partial charge in [0.25, 0.3) is 0 Å². The smallest absolute Gasteiger partial charge is 0.210 e. The highest BCUT2D eigenvalue weighted by Gasteiger charge is 2.29. The number of thioether (sulfide) groups is 1. The van der Waals surface area contributed by atoms with E-state index in [2.05, 4.69) is 20.7 Å². The Morgan fingerprint density at radius 2 is 1.71 bits per heavy atom. The fraction of sp³-hybridized carbons (Fsp3) is 0.538. The molecule has 0 bridgehead atoms. The molecule has 0 amide bonds. The molecule has 1 aromatic rings. The summed E-state index contributed by atoms with van der Waals surface area (Å²) in [6.07, 6.45) is 3.73. The maximum atomic E-state index is 12.5. The Labute approximate surface area is 149 Å². The highest BCUT2D eigenvalue weighted by Crippen LogP contribution is 2.34. The summed E-state index contributed by atoms with van der Waals surface area (Å²) in [5.74, 6) is 0. The molecule has 0 aliphatic heterocycles. The van der Waals surface area contributed by atoms with Gasteiger partial charge in [-0.25, -0.2) is 13.1 Å². The van der Waals surface area contributed by atoms with Gasteiger partial charge in [0.2, 0.25) is 10.0 Å². The second-order valence-corrected chi connectivity index (χ2v) is 9.33. The molecule has 120 valence electrons. The highest BCUT2D eigenvalue weighted by atomic mass is 79.9. The SMILES string of the molecule is CCC(CC)(CNS(=O)(=O)c1c(Cl)cc(Br)cc1Cl)SC. The summed E-state index contributed by atoms with van der Waals surface area (Å²) in [5.41, 5.74) is 0. The zero-order valence-electron chi connectivity index (χ0n) is 12.0. The second kappa shape index (κ2) is 7.88. The maximum Gasteiger partial charge on any atom is 0.243 e. The Balaban J connectivity index is 3.09. The van der Waals surface area contributed by atoms with Crippen molar-refractivity contribution in [3.05, 3.63) is 26.7 Å². The van der Waals surface area contributed by atoms with Crippen molar-refractivity contribution in [2.75, 3.05) is 12.8 Å². The summed E-state index contributed by atoms with van der Waals surface area (Å²) in [7, 11) is -3.75. The van der Waals surface area contributed by atoms with Crippen LogP contribution in [0.15, 0.2) is 21.5 Å². The molecule has 0 fully saturated rings. The standard InChI is InChI=1S/C13H18BrCl2NO2S2/c1-4-13(5-2,20-3)8-17-21(18,19)12-10(15)6-9(14)7-11(12)16/h6-7,17H,4-5,8H2,1-3H3. The molecule has 3 nitrogen and oxygen atoms in total. The molecule has 0 saturated carbocycles. The minimum absolute atomic E-state index is 0.0729. The first-order valence-corrected chi connectivity index (χ1v) is 10.7. The molecule has 0 spiro atoms. The van der Waals surface area contributed by atoms with Gasteiger partial charge in [0, 0.05) is 15.8 Å².